The van der Waals surface area contributed by atoms with Crippen LogP contribution in [0.15, 0.2) is 53.6 Å². The Balaban J connectivity index is 1.79. The molecule has 2 atom stereocenters. The van der Waals surface area contributed by atoms with Crippen LogP contribution in [0.1, 0.15) is 18.6 Å². The van der Waals surface area contributed by atoms with Gasteiger partial charge in [0.05, 0.1) is 28.3 Å². The molecule has 0 amide bonds. The second-order valence-corrected chi connectivity index (χ2v) is 6.60. The molecule has 2 heterocycles. The highest BCUT2D eigenvalue weighted by atomic mass is 16.6. The Morgan fingerprint density at radius 1 is 1.26 bits per heavy atom. The normalized spacial score (nSPS) is 20.0. The molecule has 3 aromatic rings. The number of ether oxygens (including phenoxy) is 1. The lowest BCUT2D eigenvalue weighted by Gasteiger charge is -2.38. The van der Waals surface area contributed by atoms with Crippen LogP contribution < -0.4 is 10.5 Å². The zero-order valence-corrected chi connectivity index (χ0v) is 14.7. The van der Waals surface area contributed by atoms with Crippen molar-refractivity contribution in [2.24, 2.45) is 0 Å². The minimum absolute atomic E-state index is 0.105. The fourth-order valence-corrected chi connectivity index (χ4v) is 3.49. The summed E-state index contributed by atoms with van der Waals surface area (Å²) in [7, 11) is 0. The van der Waals surface area contributed by atoms with Gasteiger partial charge in [-0.1, -0.05) is 30.3 Å². The van der Waals surface area contributed by atoms with E-state index in [9.17, 15) is 14.9 Å². The minimum atomic E-state index is -0.459. The van der Waals surface area contributed by atoms with E-state index in [0.717, 1.165) is 5.56 Å². The number of nitrogens with zero attached hydrogens (tertiary/aromatic N) is 3. The molecule has 8 heteroatoms. The summed E-state index contributed by atoms with van der Waals surface area (Å²) in [5.41, 5.74) is 1.39. The Morgan fingerprint density at radius 2 is 2.04 bits per heavy atom. The standard InChI is InChI=1S/C19H18N4O4/c1-12-9-22(10-18(27-12)13-5-3-2-4-6-13)16-8-15-14(7-17(16)23(25)26)19(24)21-11-20-15/h2-8,11-12,18H,9-10H2,1H3,(H,20,21,24). The van der Waals surface area contributed by atoms with Crippen LogP contribution in [0.25, 0.3) is 10.9 Å². The minimum Gasteiger partial charge on any atom is -0.367 e. The third kappa shape index (κ3) is 3.26. The van der Waals surface area contributed by atoms with Gasteiger partial charge in [0, 0.05) is 19.2 Å². The fraction of sp³-hybridized carbons (Fsp3) is 0.263. The molecule has 27 heavy (non-hydrogen) atoms. The topological polar surface area (TPSA) is 101 Å². The van der Waals surface area contributed by atoms with Gasteiger partial charge in [-0.3, -0.25) is 14.9 Å². The van der Waals surface area contributed by atoms with Crippen LogP contribution in [0.2, 0.25) is 0 Å². The van der Waals surface area contributed by atoms with Crippen molar-refractivity contribution in [3.8, 4) is 0 Å². The maximum atomic E-state index is 12.0. The largest absolute Gasteiger partial charge is 0.367 e. The van der Waals surface area contributed by atoms with E-state index >= 15 is 0 Å². The molecule has 2 aromatic carbocycles. The van der Waals surface area contributed by atoms with Crippen molar-refractivity contribution in [3.63, 3.8) is 0 Å². The molecule has 1 saturated heterocycles. The zero-order valence-electron chi connectivity index (χ0n) is 14.7. The van der Waals surface area contributed by atoms with Gasteiger partial charge in [0.15, 0.2) is 0 Å². The van der Waals surface area contributed by atoms with Crippen LogP contribution in [0.4, 0.5) is 11.4 Å². The van der Waals surface area contributed by atoms with E-state index in [4.69, 9.17) is 4.74 Å². The van der Waals surface area contributed by atoms with E-state index in [1.54, 1.807) is 6.07 Å². The summed E-state index contributed by atoms with van der Waals surface area (Å²) in [6.45, 7) is 2.93. The highest BCUT2D eigenvalue weighted by Gasteiger charge is 2.31. The summed E-state index contributed by atoms with van der Waals surface area (Å²) in [5.74, 6) is 0. The Kier molecular flexibility index (Phi) is 4.33. The van der Waals surface area contributed by atoms with Crippen molar-refractivity contribution in [1.82, 2.24) is 9.97 Å². The second kappa shape index (κ2) is 6.81. The number of anilines is 1. The first-order valence-electron chi connectivity index (χ1n) is 8.64. The molecule has 1 aliphatic rings. The molecule has 0 saturated carbocycles. The summed E-state index contributed by atoms with van der Waals surface area (Å²) in [6, 6.07) is 12.7. The van der Waals surface area contributed by atoms with E-state index in [1.165, 1.54) is 12.4 Å². The Bertz CT molecular complexity index is 1050. The summed E-state index contributed by atoms with van der Waals surface area (Å²) < 4.78 is 6.05. The average molecular weight is 366 g/mol. The van der Waals surface area contributed by atoms with Crippen LogP contribution in [-0.4, -0.2) is 34.1 Å². The maximum absolute atomic E-state index is 12.0. The molecule has 138 valence electrons. The van der Waals surface area contributed by atoms with Gasteiger partial charge in [0.25, 0.3) is 11.2 Å². The lowest BCUT2D eigenvalue weighted by molar-refractivity contribution is -0.384. The number of nitrogens with one attached hydrogen (secondary N) is 1. The zero-order chi connectivity index (χ0) is 19.0. The van der Waals surface area contributed by atoms with Crippen LogP contribution in [0, 0.1) is 10.1 Å². The third-order valence-corrected chi connectivity index (χ3v) is 4.71. The number of rotatable bonds is 3. The van der Waals surface area contributed by atoms with E-state index in [-0.39, 0.29) is 23.3 Å². The number of fused-ring (bicyclic) bond motifs is 1. The van der Waals surface area contributed by atoms with Gasteiger partial charge in [-0.25, -0.2) is 4.98 Å². The molecular weight excluding hydrogens is 348 g/mol. The average Bonchev–Trinajstić information content (AvgIpc) is 2.67. The van der Waals surface area contributed by atoms with Gasteiger partial charge in [-0.2, -0.15) is 0 Å². The smallest absolute Gasteiger partial charge is 0.293 e. The van der Waals surface area contributed by atoms with Crippen LogP contribution in [0.5, 0.6) is 0 Å². The van der Waals surface area contributed by atoms with Gasteiger partial charge in [-0.15, -0.1) is 0 Å². The molecule has 1 aliphatic heterocycles. The monoisotopic (exact) mass is 366 g/mol. The fourth-order valence-electron chi connectivity index (χ4n) is 3.49. The van der Waals surface area contributed by atoms with E-state index in [1.807, 2.05) is 42.2 Å². The van der Waals surface area contributed by atoms with Gasteiger partial charge >= 0.3 is 0 Å². The Morgan fingerprint density at radius 3 is 2.78 bits per heavy atom. The number of benzene rings is 2. The number of hydrogen-bond acceptors (Lipinski definition) is 6. The number of H-pyrrole nitrogens is 1. The molecular formula is C19H18N4O4. The lowest BCUT2D eigenvalue weighted by Crippen LogP contribution is -2.43. The SMILES string of the molecule is CC1CN(c2cc3nc[nH]c(=O)c3cc2[N+](=O)[O-])CC(c2ccccc2)O1. The van der Waals surface area contributed by atoms with Gasteiger partial charge in [0.1, 0.15) is 11.8 Å². The first kappa shape index (κ1) is 17.2. The molecule has 0 aliphatic carbocycles. The van der Waals surface area contributed by atoms with Crippen molar-refractivity contribution in [2.45, 2.75) is 19.1 Å². The quantitative estimate of drug-likeness (QED) is 0.565. The molecule has 1 aromatic heterocycles. The number of nitro groups is 1. The number of nitro benzene ring substituents is 1. The number of morpholine rings is 1. The summed E-state index contributed by atoms with van der Waals surface area (Å²) in [6.07, 6.45) is 0.999. The highest BCUT2D eigenvalue weighted by molar-refractivity contribution is 5.87. The van der Waals surface area contributed by atoms with Crippen molar-refractivity contribution in [1.29, 1.82) is 0 Å². The Hall–Kier alpha value is -3.26. The summed E-state index contributed by atoms with van der Waals surface area (Å²) in [5, 5.41) is 11.9. The Labute approximate surface area is 154 Å². The molecule has 8 nitrogen and oxygen atoms in total. The maximum Gasteiger partial charge on any atom is 0.293 e. The second-order valence-electron chi connectivity index (χ2n) is 6.60. The number of hydrogen-bond donors (Lipinski definition) is 1. The van der Waals surface area contributed by atoms with Crippen LogP contribution in [-0.2, 0) is 4.74 Å². The molecule has 0 radical (unpaired) electrons. The summed E-state index contributed by atoms with van der Waals surface area (Å²) in [4.78, 5) is 31.7. The summed E-state index contributed by atoms with van der Waals surface area (Å²) >= 11 is 0. The van der Waals surface area contributed by atoms with Crippen LogP contribution in [0.3, 0.4) is 0 Å². The predicted molar refractivity (Wildman–Crippen MR) is 101 cm³/mol. The van der Waals surface area contributed by atoms with E-state index < -0.39 is 10.5 Å². The van der Waals surface area contributed by atoms with Gasteiger partial charge in [0.2, 0.25) is 0 Å². The molecule has 0 spiro atoms. The highest BCUT2D eigenvalue weighted by Crippen LogP contribution is 2.35. The lowest BCUT2D eigenvalue weighted by atomic mass is 10.1. The molecule has 0 bridgehead atoms. The van der Waals surface area contributed by atoms with Crippen molar-refractivity contribution >= 4 is 22.3 Å². The van der Waals surface area contributed by atoms with Crippen molar-refractivity contribution in [2.75, 3.05) is 18.0 Å². The number of aromatic amines is 1. The third-order valence-electron chi connectivity index (χ3n) is 4.71. The van der Waals surface area contributed by atoms with Crippen molar-refractivity contribution in [3.05, 3.63) is 74.8 Å². The first-order chi connectivity index (χ1) is 13.0. The molecule has 2 unspecified atom stereocenters. The van der Waals surface area contributed by atoms with Crippen LogP contribution >= 0.6 is 0 Å². The number of aromatic nitrogens is 2. The first-order valence-corrected chi connectivity index (χ1v) is 8.64. The predicted octanol–water partition coefficient (Wildman–Crippen LogP) is 2.80. The molecule has 4 rings (SSSR count). The van der Waals surface area contributed by atoms with Gasteiger partial charge in [-0.05, 0) is 18.6 Å². The van der Waals surface area contributed by atoms with Gasteiger partial charge < -0.3 is 14.6 Å². The molecule has 1 fully saturated rings. The van der Waals surface area contributed by atoms with E-state index in [0.29, 0.717) is 24.3 Å². The van der Waals surface area contributed by atoms with Crippen molar-refractivity contribution < 1.29 is 9.66 Å². The van der Waals surface area contributed by atoms with E-state index in [2.05, 4.69) is 9.97 Å². The molecule has 1 N–H and O–H groups in total.